The van der Waals surface area contributed by atoms with E-state index < -0.39 is 0 Å². The van der Waals surface area contributed by atoms with E-state index in [9.17, 15) is 14.0 Å². The number of carbonyl (C=O) groups excluding carboxylic acids is 1. The van der Waals surface area contributed by atoms with Gasteiger partial charge in [-0.05, 0) is 43.5 Å². The van der Waals surface area contributed by atoms with Gasteiger partial charge >= 0.3 is 0 Å². The molecule has 7 nitrogen and oxygen atoms in total. The fourth-order valence-electron chi connectivity index (χ4n) is 3.53. The average Bonchev–Trinajstić information content (AvgIpc) is 3.15. The van der Waals surface area contributed by atoms with Gasteiger partial charge in [-0.1, -0.05) is 11.3 Å². The number of hydrogen-bond acceptors (Lipinski definition) is 6. The quantitative estimate of drug-likeness (QED) is 0.626. The molecular weight excluding hydrogens is 393 g/mol. The molecule has 0 spiro atoms. The van der Waals surface area contributed by atoms with Crippen molar-refractivity contribution in [2.75, 3.05) is 24.5 Å². The molecule has 3 heterocycles. The van der Waals surface area contributed by atoms with Crippen LogP contribution in [0.4, 0.5) is 9.52 Å². The summed E-state index contributed by atoms with van der Waals surface area (Å²) in [6, 6.07) is 7.68. The van der Waals surface area contributed by atoms with Gasteiger partial charge in [0.2, 0.25) is 5.91 Å². The van der Waals surface area contributed by atoms with E-state index in [0.717, 1.165) is 34.7 Å². The number of amides is 1. The lowest BCUT2D eigenvalue weighted by Crippen LogP contribution is -2.43. The Morgan fingerprint density at radius 2 is 2.24 bits per heavy atom. The first kappa shape index (κ1) is 19.5. The SMILES string of the molecule is O=C(NCCCn1ncccc1=O)C1CCCN(c2nc3ccc(F)cc3s2)C1. The lowest BCUT2D eigenvalue weighted by Gasteiger charge is -2.31. The van der Waals surface area contributed by atoms with Gasteiger partial charge in [-0.3, -0.25) is 9.59 Å². The van der Waals surface area contributed by atoms with E-state index in [0.29, 0.717) is 26.1 Å². The second-order valence-electron chi connectivity index (χ2n) is 7.12. The van der Waals surface area contributed by atoms with E-state index in [2.05, 4.69) is 20.3 Å². The van der Waals surface area contributed by atoms with Gasteiger partial charge in [0, 0.05) is 38.4 Å². The second-order valence-corrected chi connectivity index (χ2v) is 8.13. The molecule has 1 aromatic carbocycles. The lowest BCUT2D eigenvalue weighted by atomic mass is 9.97. The molecule has 4 rings (SSSR count). The summed E-state index contributed by atoms with van der Waals surface area (Å²) in [5.74, 6) is -0.350. The summed E-state index contributed by atoms with van der Waals surface area (Å²) in [5, 5.41) is 7.81. The zero-order valence-corrected chi connectivity index (χ0v) is 16.7. The minimum Gasteiger partial charge on any atom is -0.356 e. The number of piperidine rings is 1. The summed E-state index contributed by atoms with van der Waals surface area (Å²) < 4.78 is 15.6. The molecule has 9 heteroatoms. The van der Waals surface area contributed by atoms with E-state index in [1.807, 2.05) is 0 Å². The molecule has 152 valence electrons. The highest BCUT2D eigenvalue weighted by atomic mass is 32.1. The monoisotopic (exact) mass is 415 g/mol. The van der Waals surface area contributed by atoms with Crippen molar-refractivity contribution in [3.8, 4) is 0 Å². The van der Waals surface area contributed by atoms with Crippen LogP contribution in [0.5, 0.6) is 0 Å². The van der Waals surface area contributed by atoms with E-state index >= 15 is 0 Å². The van der Waals surface area contributed by atoms with E-state index in [4.69, 9.17) is 0 Å². The molecule has 1 atom stereocenters. The van der Waals surface area contributed by atoms with Crippen molar-refractivity contribution in [1.82, 2.24) is 20.1 Å². The maximum absolute atomic E-state index is 13.4. The first-order chi connectivity index (χ1) is 14.1. The summed E-state index contributed by atoms with van der Waals surface area (Å²) >= 11 is 1.46. The van der Waals surface area contributed by atoms with Crippen molar-refractivity contribution < 1.29 is 9.18 Å². The molecule has 1 aliphatic rings. The summed E-state index contributed by atoms with van der Waals surface area (Å²) in [4.78, 5) is 30.9. The fourth-order valence-corrected chi connectivity index (χ4v) is 4.55. The van der Waals surface area contributed by atoms with E-state index in [1.54, 1.807) is 18.3 Å². The molecule has 3 aromatic rings. The standard InChI is InChI=1S/C20H22FN5O2S/c21-15-6-7-16-17(12-15)29-20(24-16)25-10-2-4-14(13-25)19(28)22-8-3-11-26-18(27)5-1-9-23-26/h1,5-7,9,12,14H,2-4,8,10-11,13H2,(H,22,28). The van der Waals surface area contributed by atoms with Crippen LogP contribution < -0.4 is 15.8 Å². The molecule has 1 N–H and O–H groups in total. The number of hydrogen-bond donors (Lipinski definition) is 1. The summed E-state index contributed by atoms with van der Waals surface area (Å²) in [6.45, 7) is 2.42. The maximum atomic E-state index is 13.4. The third kappa shape index (κ3) is 4.61. The van der Waals surface area contributed by atoms with Gasteiger partial charge in [0.05, 0.1) is 16.1 Å². The highest BCUT2D eigenvalue weighted by Crippen LogP contribution is 2.32. The largest absolute Gasteiger partial charge is 0.356 e. The number of thiazole rings is 1. The number of rotatable bonds is 6. The van der Waals surface area contributed by atoms with Gasteiger partial charge in [-0.15, -0.1) is 0 Å². The predicted octanol–water partition coefficient (Wildman–Crippen LogP) is 2.41. The molecule has 1 aliphatic heterocycles. The minimum absolute atomic E-state index is 0.0234. The molecule has 2 aromatic heterocycles. The van der Waals surface area contributed by atoms with Crippen molar-refractivity contribution >= 4 is 32.6 Å². The van der Waals surface area contributed by atoms with Gasteiger partial charge in [0.15, 0.2) is 5.13 Å². The number of aryl methyl sites for hydroxylation is 1. The maximum Gasteiger partial charge on any atom is 0.266 e. The highest BCUT2D eigenvalue weighted by molar-refractivity contribution is 7.22. The molecule has 1 unspecified atom stereocenters. The van der Waals surface area contributed by atoms with Crippen LogP contribution in [0.2, 0.25) is 0 Å². The number of carbonyl (C=O) groups is 1. The van der Waals surface area contributed by atoms with Crippen LogP contribution in [0.3, 0.4) is 0 Å². The molecule has 0 radical (unpaired) electrons. The van der Waals surface area contributed by atoms with Crippen molar-refractivity contribution in [1.29, 1.82) is 0 Å². The zero-order valence-electron chi connectivity index (χ0n) is 15.9. The summed E-state index contributed by atoms with van der Waals surface area (Å²) in [7, 11) is 0. The molecule has 1 amide bonds. The second kappa shape index (κ2) is 8.69. The number of fused-ring (bicyclic) bond motifs is 1. The molecule has 1 saturated heterocycles. The van der Waals surface area contributed by atoms with Crippen LogP contribution in [0.15, 0.2) is 41.3 Å². The van der Waals surface area contributed by atoms with Crippen molar-refractivity contribution in [3.63, 3.8) is 0 Å². The summed E-state index contributed by atoms with van der Waals surface area (Å²) in [6.07, 6.45) is 3.96. The number of benzene rings is 1. The van der Waals surface area contributed by atoms with Crippen LogP contribution in [0.1, 0.15) is 19.3 Å². The van der Waals surface area contributed by atoms with Crippen LogP contribution in [0, 0.1) is 11.7 Å². The highest BCUT2D eigenvalue weighted by Gasteiger charge is 2.27. The molecule has 0 bridgehead atoms. The van der Waals surface area contributed by atoms with Crippen LogP contribution in [-0.4, -0.2) is 40.3 Å². The Bertz CT molecular complexity index is 1070. The normalized spacial score (nSPS) is 16.9. The molecular formula is C20H22FN5O2S. The van der Waals surface area contributed by atoms with Gasteiger partial charge in [0.1, 0.15) is 5.82 Å². The molecule has 29 heavy (non-hydrogen) atoms. The van der Waals surface area contributed by atoms with Crippen LogP contribution >= 0.6 is 11.3 Å². The Hall–Kier alpha value is -2.81. The topological polar surface area (TPSA) is 80.1 Å². The predicted molar refractivity (Wildman–Crippen MR) is 111 cm³/mol. The van der Waals surface area contributed by atoms with Gasteiger partial charge in [-0.25, -0.2) is 14.1 Å². The van der Waals surface area contributed by atoms with Crippen LogP contribution in [-0.2, 0) is 11.3 Å². The smallest absolute Gasteiger partial charge is 0.266 e. The number of nitrogens with zero attached hydrogens (tertiary/aromatic N) is 4. The first-order valence-electron chi connectivity index (χ1n) is 9.71. The third-order valence-corrected chi connectivity index (χ3v) is 6.11. The zero-order chi connectivity index (χ0) is 20.2. The Labute approximate surface area is 171 Å². The van der Waals surface area contributed by atoms with E-state index in [1.165, 1.54) is 34.2 Å². The Morgan fingerprint density at radius 1 is 1.34 bits per heavy atom. The number of halogens is 1. The molecule has 0 saturated carbocycles. The fraction of sp³-hybridized carbons (Fsp3) is 0.400. The number of nitrogens with one attached hydrogen (secondary N) is 1. The van der Waals surface area contributed by atoms with Crippen LogP contribution in [0.25, 0.3) is 10.2 Å². The Kier molecular flexibility index (Phi) is 5.84. The first-order valence-corrected chi connectivity index (χ1v) is 10.5. The molecule has 1 fully saturated rings. The van der Waals surface area contributed by atoms with Gasteiger partial charge in [0.25, 0.3) is 5.56 Å². The van der Waals surface area contributed by atoms with Gasteiger partial charge in [-0.2, -0.15) is 5.10 Å². The third-order valence-electron chi connectivity index (χ3n) is 5.03. The Balaban J connectivity index is 1.31. The van der Waals surface area contributed by atoms with Crippen molar-refractivity contribution in [2.45, 2.75) is 25.8 Å². The number of aromatic nitrogens is 3. The van der Waals surface area contributed by atoms with Crippen molar-refractivity contribution in [2.24, 2.45) is 5.92 Å². The average molecular weight is 415 g/mol. The van der Waals surface area contributed by atoms with Crippen molar-refractivity contribution in [3.05, 3.63) is 52.7 Å². The van der Waals surface area contributed by atoms with Gasteiger partial charge < -0.3 is 10.2 Å². The Morgan fingerprint density at radius 3 is 3.10 bits per heavy atom. The van der Waals surface area contributed by atoms with E-state index in [-0.39, 0.29) is 23.2 Å². The number of anilines is 1. The minimum atomic E-state index is -0.267. The molecule has 0 aliphatic carbocycles. The lowest BCUT2D eigenvalue weighted by molar-refractivity contribution is -0.125. The summed E-state index contributed by atoms with van der Waals surface area (Å²) in [5.41, 5.74) is 0.639.